The highest BCUT2D eigenvalue weighted by molar-refractivity contribution is 5.76. The largest absolute Gasteiger partial charge is 0.349 e. The van der Waals surface area contributed by atoms with E-state index in [9.17, 15) is 4.79 Å². The van der Waals surface area contributed by atoms with E-state index in [0.717, 1.165) is 19.6 Å². The lowest BCUT2D eigenvalue weighted by Crippen LogP contribution is -2.31. The third kappa shape index (κ3) is 2.87. The average Bonchev–Trinajstić information content (AvgIpc) is 2.58. The molecule has 0 N–H and O–H groups in total. The summed E-state index contributed by atoms with van der Waals surface area (Å²) in [7, 11) is 0. The minimum Gasteiger partial charge on any atom is -0.349 e. The van der Waals surface area contributed by atoms with Crippen molar-refractivity contribution < 1.29 is 4.79 Å². The summed E-state index contributed by atoms with van der Waals surface area (Å²) in [6, 6.07) is 4.19. The minimum absolute atomic E-state index is 0.248. The van der Waals surface area contributed by atoms with Crippen molar-refractivity contribution in [1.82, 2.24) is 9.47 Å². The molecular weight excluding hydrogens is 200 g/mol. The van der Waals surface area contributed by atoms with Gasteiger partial charge in [-0.15, -0.1) is 0 Å². The van der Waals surface area contributed by atoms with Crippen molar-refractivity contribution in [2.24, 2.45) is 0 Å². The van der Waals surface area contributed by atoms with Crippen LogP contribution in [0.15, 0.2) is 12.1 Å². The van der Waals surface area contributed by atoms with E-state index < -0.39 is 0 Å². The fourth-order valence-electron chi connectivity index (χ4n) is 1.99. The van der Waals surface area contributed by atoms with Gasteiger partial charge in [-0.1, -0.05) is 0 Å². The number of hydrogen-bond donors (Lipinski definition) is 0. The molecule has 90 valence electrons. The lowest BCUT2D eigenvalue weighted by Gasteiger charge is -2.19. The normalized spacial score (nSPS) is 10.5. The highest BCUT2D eigenvalue weighted by atomic mass is 16.2. The van der Waals surface area contributed by atoms with Crippen LogP contribution in [-0.2, 0) is 11.3 Å². The van der Waals surface area contributed by atoms with Gasteiger partial charge in [0, 0.05) is 37.4 Å². The van der Waals surface area contributed by atoms with Crippen LogP contribution in [0.25, 0.3) is 0 Å². The van der Waals surface area contributed by atoms with Crippen molar-refractivity contribution in [2.75, 3.05) is 13.1 Å². The van der Waals surface area contributed by atoms with Gasteiger partial charge in [0.1, 0.15) is 0 Å². The molecule has 1 aromatic heterocycles. The summed E-state index contributed by atoms with van der Waals surface area (Å²) in [4.78, 5) is 13.7. The Labute approximate surface area is 98.1 Å². The second-order valence-electron chi connectivity index (χ2n) is 4.08. The van der Waals surface area contributed by atoms with E-state index >= 15 is 0 Å². The zero-order valence-electron chi connectivity index (χ0n) is 10.8. The molecule has 1 heterocycles. The molecule has 0 unspecified atom stereocenters. The van der Waals surface area contributed by atoms with Gasteiger partial charge in [0.25, 0.3) is 0 Å². The summed E-state index contributed by atoms with van der Waals surface area (Å²) in [6.45, 7) is 10.6. The molecule has 1 aromatic rings. The van der Waals surface area contributed by atoms with Crippen molar-refractivity contribution in [2.45, 2.75) is 40.7 Å². The number of carbonyl (C=O) groups is 1. The smallest absolute Gasteiger partial charge is 0.224 e. The van der Waals surface area contributed by atoms with E-state index in [-0.39, 0.29) is 5.91 Å². The summed E-state index contributed by atoms with van der Waals surface area (Å²) >= 11 is 0. The van der Waals surface area contributed by atoms with E-state index in [4.69, 9.17) is 0 Å². The number of hydrogen-bond acceptors (Lipinski definition) is 1. The highest BCUT2D eigenvalue weighted by Crippen LogP contribution is 2.08. The molecule has 0 bridgehead atoms. The minimum atomic E-state index is 0.248. The molecule has 16 heavy (non-hydrogen) atoms. The Hall–Kier alpha value is -1.25. The molecule has 0 saturated heterocycles. The SMILES string of the molecule is CCN(CC)C(=O)CCn1c(C)ccc1C. The van der Waals surface area contributed by atoms with Crippen LogP contribution in [0.1, 0.15) is 31.7 Å². The number of nitrogens with zero attached hydrogens (tertiary/aromatic N) is 2. The van der Waals surface area contributed by atoms with E-state index in [2.05, 4.69) is 30.5 Å². The third-order valence-corrected chi connectivity index (χ3v) is 3.08. The summed E-state index contributed by atoms with van der Waals surface area (Å²) in [5.41, 5.74) is 2.45. The van der Waals surface area contributed by atoms with Gasteiger partial charge in [-0.05, 0) is 39.8 Å². The monoisotopic (exact) mass is 222 g/mol. The molecule has 0 aliphatic rings. The number of carbonyl (C=O) groups excluding carboxylic acids is 1. The molecule has 1 rings (SSSR count). The zero-order chi connectivity index (χ0) is 12.1. The van der Waals surface area contributed by atoms with Crippen LogP contribution in [-0.4, -0.2) is 28.5 Å². The Morgan fingerprint density at radius 2 is 1.69 bits per heavy atom. The summed E-state index contributed by atoms with van der Waals surface area (Å²) in [5, 5.41) is 0. The standard InChI is InChI=1S/C13H22N2O/c1-5-14(6-2)13(16)9-10-15-11(3)7-8-12(15)4/h7-8H,5-6,9-10H2,1-4H3. The molecule has 0 radical (unpaired) electrons. The van der Waals surface area contributed by atoms with Crippen molar-refractivity contribution in [3.63, 3.8) is 0 Å². The number of aromatic nitrogens is 1. The molecule has 0 spiro atoms. The summed E-state index contributed by atoms with van der Waals surface area (Å²) < 4.78 is 2.20. The predicted molar refractivity (Wildman–Crippen MR) is 66.5 cm³/mol. The first-order valence-corrected chi connectivity index (χ1v) is 6.00. The number of aryl methyl sites for hydroxylation is 2. The number of rotatable bonds is 5. The van der Waals surface area contributed by atoms with Crippen molar-refractivity contribution in [3.05, 3.63) is 23.5 Å². The first-order chi connectivity index (χ1) is 7.60. The highest BCUT2D eigenvalue weighted by Gasteiger charge is 2.10. The van der Waals surface area contributed by atoms with Crippen LogP contribution < -0.4 is 0 Å². The topological polar surface area (TPSA) is 25.2 Å². The Kier molecular flexibility index (Phi) is 4.59. The first-order valence-electron chi connectivity index (χ1n) is 6.00. The molecule has 0 saturated carbocycles. The van der Waals surface area contributed by atoms with Crippen molar-refractivity contribution in [3.8, 4) is 0 Å². The molecule has 0 aliphatic carbocycles. The van der Waals surface area contributed by atoms with Crippen LogP contribution in [0.5, 0.6) is 0 Å². The van der Waals surface area contributed by atoms with Gasteiger partial charge in [-0.3, -0.25) is 4.79 Å². The summed E-state index contributed by atoms with van der Waals surface area (Å²) in [6.07, 6.45) is 0.595. The lowest BCUT2D eigenvalue weighted by atomic mass is 10.3. The van der Waals surface area contributed by atoms with E-state index in [1.807, 2.05) is 18.7 Å². The first kappa shape index (κ1) is 12.8. The molecule has 0 atom stereocenters. The Balaban J connectivity index is 2.55. The molecule has 0 aliphatic heterocycles. The van der Waals surface area contributed by atoms with Gasteiger partial charge < -0.3 is 9.47 Å². The van der Waals surface area contributed by atoms with Crippen LogP contribution in [0.3, 0.4) is 0 Å². The fraction of sp³-hybridized carbons (Fsp3) is 0.615. The zero-order valence-corrected chi connectivity index (χ0v) is 10.8. The van der Waals surface area contributed by atoms with Gasteiger partial charge in [0.05, 0.1) is 0 Å². The molecule has 3 nitrogen and oxygen atoms in total. The second-order valence-corrected chi connectivity index (χ2v) is 4.08. The maximum absolute atomic E-state index is 11.8. The Bertz CT molecular complexity index is 331. The van der Waals surface area contributed by atoms with Crippen molar-refractivity contribution >= 4 is 5.91 Å². The van der Waals surface area contributed by atoms with E-state index in [0.29, 0.717) is 6.42 Å². The molecule has 0 fully saturated rings. The summed E-state index contributed by atoms with van der Waals surface area (Å²) in [5.74, 6) is 0.248. The van der Waals surface area contributed by atoms with Gasteiger partial charge in [0.2, 0.25) is 5.91 Å². The van der Waals surface area contributed by atoms with Gasteiger partial charge in [-0.2, -0.15) is 0 Å². The molecule has 3 heteroatoms. The predicted octanol–water partition coefficient (Wildman–Crippen LogP) is 2.36. The van der Waals surface area contributed by atoms with Gasteiger partial charge in [-0.25, -0.2) is 0 Å². The van der Waals surface area contributed by atoms with E-state index in [1.165, 1.54) is 11.4 Å². The second kappa shape index (κ2) is 5.73. The van der Waals surface area contributed by atoms with E-state index in [1.54, 1.807) is 0 Å². The average molecular weight is 222 g/mol. The maximum Gasteiger partial charge on any atom is 0.224 e. The maximum atomic E-state index is 11.8. The van der Waals surface area contributed by atoms with Crippen LogP contribution in [0.2, 0.25) is 0 Å². The molecule has 1 amide bonds. The quantitative estimate of drug-likeness (QED) is 0.751. The Morgan fingerprint density at radius 1 is 1.19 bits per heavy atom. The van der Waals surface area contributed by atoms with Gasteiger partial charge in [0.15, 0.2) is 0 Å². The van der Waals surface area contributed by atoms with Crippen LogP contribution >= 0.6 is 0 Å². The third-order valence-electron chi connectivity index (χ3n) is 3.08. The number of amides is 1. The molecule has 0 aromatic carbocycles. The van der Waals surface area contributed by atoms with Crippen LogP contribution in [0, 0.1) is 13.8 Å². The lowest BCUT2D eigenvalue weighted by molar-refractivity contribution is -0.131. The fourth-order valence-corrected chi connectivity index (χ4v) is 1.99. The van der Waals surface area contributed by atoms with Gasteiger partial charge >= 0.3 is 0 Å². The molecular formula is C13H22N2O. The van der Waals surface area contributed by atoms with Crippen molar-refractivity contribution in [1.29, 1.82) is 0 Å². The Morgan fingerprint density at radius 3 is 2.12 bits per heavy atom. The van der Waals surface area contributed by atoms with Crippen LogP contribution in [0.4, 0.5) is 0 Å².